The van der Waals surface area contributed by atoms with Gasteiger partial charge < -0.3 is 19.3 Å². The van der Waals surface area contributed by atoms with Crippen LogP contribution in [0.5, 0.6) is 17.2 Å². The smallest absolute Gasteiger partial charge is 0.490 e. The third-order valence-corrected chi connectivity index (χ3v) is 6.61. The summed E-state index contributed by atoms with van der Waals surface area (Å²) in [6, 6.07) is 10.3. The summed E-state index contributed by atoms with van der Waals surface area (Å²) in [5, 5.41) is 8.29. The number of sulfonamides is 1. The molecule has 0 amide bonds. The van der Waals surface area contributed by atoms with Crippen LogP contribution >= 0.6 is 0 Å². The summed E-state index contributed by atoms with van der Waals surface area (Å²) in [4.78, 5) is 26.7. The van der Waals surface area contributed by atoms with Gasteiger partial charge in [-0.1, -0.05) is 12.1 Å². The summed E-state index contributed by atoms with van der Waals surface area (Å²) in [7, 11) is -0.399. The number of alkyl halides is 3. The van der Waals surface area contributed by atoms with Gasteiger partial charge in [-0.3, -0.25) is 9.78 Å². The second-order valence-corrected chi connectivity index (χ2v) is 10.5. The Kier molecular flexibility index (Phi) is 10.9. The van der Waals surface area contributed by atoms with Crippen molar-refractivity contribution in [2.24, 2.45) is 0 Å². The lowest BCUT2D eigenvalue weighted by molar-refractivity contribution is -0.192. The van der Waals surface area contributed by atoms with E-state index in [0.717, 1.165) is 0 Å². The predicted octanol–water partition coefficient (Wildman–Crippen LogP) is 4.34. The molecule has 10 nitrogen and oxygen atoms in total. The highest BCUT2D eigenvalue weighted by Crippen LogP contribution is 2.35. The van der Waals surface area contributed by atoms with E-state index in [1.54, 1.807) is 43.3 Å². The summed E-state index contributed by atoms with van der Waals surface area (Å²) in [5.41, 5.74) is 1.25. The van der Waals surface area contributed by atoms with Gasteiger partial charge in [0.05, 0.1) is 26.1 Å². The summed E-state index contributed by atoms with van der Waals surface area (Å²) < 4.78 is 74.8. The Bertz CT molecular complexity index is 1470. The number of aliphatic carboxylic acids is 1. The third kappa shape index (κ3) is 8.55. The molecule has 0 aliphatic heterocycles. The molecular formula is C26H29F3N2O8S. The molecule has 0 unspecified atom stereocenters. The fraction of sp³-hybridized carbons (Fsp3) is 0.346. The number of carboxylic acid groups (broad SMARTS) is 1. The average Bonchev–Trinajstić information content (AvgIpc) is 2.90. The number of hydrogen-bond donors (Lipinski definition) is 2. The van der Waals surface area contributed by atoms with E-state index in [9.17, 15) is 26.4 Å². The van der Waals surface area contributed by atoms with Crippen molar-refractivity contribution in [2.75, 3.05) is 20.0 Å². The Hall–Kier alpha value is -3.91. The molecule has 0 radical (unpaired) electrons. The minimum absolute atomic E-state index is 0.0291. The number of hydrogen-bond acceptors (Lipinski definition) is 8. The quantitative estimate of drug-likeness (QED) is 0.332. The summed E-state index contributed by atoms with van der Waals surface area (Å²) in [6.07, 6.45) is -3.61. The molecule has 0 atom stereocenters. The van der Waals surface area contributed by atoms with Crippen LogP contribution in [0.3, 0.4) is 0 Å². The third-order valence-electron chi connectivity index (χ3n) is 5.26. The van der Waals surface area contributed by atoms with Gasteiger partial charge in [0.25, 0.3) is 0 Å². The summed E-state index contributed by atoms with van der Waals surface area (Å²) >= 11 is 0. The van der Waals surface area contributed by atoms with Crippen LogP contribution in [0.15, 0.2) is 42.6 Å². The van der Waals surface area contributed by atoms with Crippen LogP contribution in [0, 0.1) is 0 Å². The number of carbonyl (C=O) groups is 2. The maximum Gasteiger partial charge on any atom is 0.490 e. The number of rotatable bonds is 10. The van der Waals surface area contributed by atoms with Gasteiger partial charge in [-0.15, -0.1) is 0 Å². The van der Waals surface area contributed by atoms with E-state index in [4.69, 9.17) is 24.1 Å². The van der Waals surface area contributed by atoms with E-state index in [1.807, 2.05) is 13.8 Å². The van der Waals surface area contributed by atoms with Gasteiger partial charge >= 0.3 is 12.1 Å². The van der Waals surface area contributed by atoms with Crippen molar-refractivity contribution in [3.8, 4) is 17.2 Å². The first-order valence-corrected chi connectivity index (χ1v) is 13.4. The van der Waals surface area contributed by atoms with Crippen LogP contribution in [-0.2, 0) is 21.4 Å². The standard InChI is InChI=1S/C24H28N2O6S.C2HF3O2/c1-6-33(28,29)26-14-17-13-25-23(20-12-22(31-5)21(30-4)11-19(17)20)24(27)16-8-7-9-18(10-16)32-15(2)3;3-2(4,5)1(6)7/h7-13,15,26H,6,14H2,1-5H3;(H,6,7). The highest BCUT2D eigenvalue weighted by Gasteiger charge is 2.38. The van der Waals surface area contributed by atoms with Gasteiger partial charge in [0.1, 0.15) is 11.4 Å². The molecule has 0 bridgehead atoms. The molecule has 40 heavy (non-hydrogen) atoms. The minimum atomic E-state index is -5.08. The number of nitrogens with one attached hydrogen (secondary N) is 1. The van der Waals surface area contributed by atoms with Crippen LogP contribution in [-0.4, -0.2) is 62.5 Å². The van der Waals surface area contributed by atoms with Crippen molar-refractivity contribution >= 4 is 32.5 Å². The Balaban J connectivity index is 0.000000708. The lowest BCUT2D eigenvalue weighted by Gasteiger charge is -2.15. The van der Waals surface area contributed by atoms with Crippen molar-refractivity contribution in [1.82, 2.24) is 9.71 Å². The Morgan fingerprint density at radius 2 is 1.62 bits per heavy atom. The van der Waals surface area contributed by atoms with Crippen LogP contribution in [0.4, 0.5) is 13.2 Å². The first-order valence-electron chi connectivity index (χ1n) is 11.8. The number of methoxy groups -OCH3 is 2. The molecule has 1 aromatic heterocycles. The molecule has 14 heteroatoms. The van der Waals surface area contributed by atoms with E-state index < -0.39 is 22.2 Å². The molecule has 3 aromatic rings. The molecule has 0 saturated carbocycles. The van der Waals surface area contributed by atoms with Crippen LogP contribution < -0.4 is 18.9 Å². The normalized spacial score (nSPS) is 11.5. The maximum absolute atomic E-state index is 13.4. The zero-order valence-corrected chi connectivity index (χ0v) is 23.1. The number of ether oxygens (including phenoxy) is 3. The molecule has 0 aliphatic rings. The number of fused-ring (bicyclic) bond motifs is 1. The minimum Gasteiger partial charge on any atom is -0.493 e. The molecule has 1 heterocycles. The molecule has 3 rings (SSSR count). The number of carboxylic acids is 1. The van der Waals surface area contributed by atoms with Gasteiger partial charge in [-0.05, 0) is 56.0 Å². The number of nitrogens with zero attached hydrogens (tertiary/aromatic N) is 1. The average molecular weight is 587 g/mol. The molecule has 218 valence electrons. The summed E-state index contributed by atoms with van der Waals surface area (Å²) in [5.74, 6) is -1.61. The van der Waals surface area contributed by atoms with E-state index >= 15 is 0 Å². The lowest BCUT2D eigenvalue weighted by atomic mass is 9.99. The van der Waals surface area contributed by atoms with Crippen molar-refractivity contribution < 1.29 is 50.5 Å². The van der Waals surface area contributed by atoms with Gasteiger partial charge in [-0.25, -0.2) is 17.9 Å². The second-order valence-electron chi connectivity index (χ2n) is 8.44. The zero-order valence-electron chi connectivity index (χ0n) is 22.3. The number of benzene rings is 2. The van der Waals surface area contributed by atoms with E-state index in [-0.39, 0.29) is 29.9 Å². The topological polar surface area (TPSA) is 141 Å². The number of aromatic nitrogens is 1. The van der Waals surface area contributed by atoms with Gasteiger partial charge in [0, 0.05) is 23.7 Å². The first kappa shape index (κ1) is 32.3. The van der Waals surface area contributed by atoms with E-state index in [0.29, 0.717) is 39.1 Å². The monoisotopic (exact) mass is 586 g/mol. The van der Waals surface area contributed by atoms with Gasteiger partial charge in [0.2, 0.25) is 15.8 Å². The Labute approximate surface area is 229 Å². The first-order chi connectivity index (χ1) is 18.6. The SMILES string of the molecule is CCS(=O)(=O)NCc1cnc(C(=O)c2cccc(OC(C)C)c2)c2cc(OC)c(OC)cc12.O=C(O)C(F)(F)F. The molecule has 2 aromatic carbocycles. The summed E-state index contributed by atoms with van der Waals surface area (Å²) in [6.45, 7) is 5.41. The largest absolute Gasteiger partial charge is 0.493 e. The second kappa shape index (κ2) is 13.4. The fourth-order valence-electron chi connectivity index (χ4n) is 3.35. The number of pyridine rings is 1. The Morgan fingerprint density at radius 1 is 1.05 bits per heavy atom. The van der Waals surface area contributed by atoms with Crippen molar-refractivity contribution in [3.63, 3.8) is 0 Å². The Morgan fingerprint density at radius 3 is 2.12 bits per heavy atom. The predicted molar refractivity (Wildman–Crippen MR) is 140 cm³/mol. The van der Waals surface area contributed by atoms with E-state index in [1.165, 1.54) is 20.4 Å². The van der Waals surface area contributed by atoms with Gasteiger partial charge in [-0.2, -0.15) is 13.2 Å². The molecule has 2 N–H and O–H groups in total. The van der Waals surface area contributed by atoms with Gasteiger partial charge in [0.15, 0.2) is 11.5 Å². The molecule has 0 saturated heterocycles. The van der Waals surface area contributed by atoms with Crippen molar-refractivity contribution in [2.45, 2.75) is 39.6 Å². The van der Waals surface area contributed by atoms with Crippen molar-refractivity contribution in [1.29, 1.82) is 0 Å². The zero-order chi connectivity index (χ0) is 30.3. The lowest BCUT2D eigenvalue weighted by Crippen LogP contribution is -2.25. The molecule has 0 fully saturated rings. The molecule has 0 aliphatic carbocycles. The van der Waals surface area contributed by atoms with Crippen LogP contribution in [0.2, 0.25) is 0 Å². The molecular weight excluding hydrogens is 557 g/mol. The van der Waals surface area contributed by atoms with Crippen molar-refractivity contribution in [3.05, 3.63) is 59.4 Å². The molecule has 0 spiro atoms. The highest BCUT2D eigenvalue weighted by atomic mass is 32.2. The van der Waals surface area contributed by atoms with Crippen LogP contribution in [0.25, 0.3) is 10.8 Å². The van der Waals surface area contributed by atoms with Crippen LogP contribution in [0.1, 0.15) is 42.4 Å². The maximum atomic E-state index is 13.4. The van der Waals surface area contributed by atoms with E-state index in [2.05, 4.69) is 9.71 Å². The highest BCUT2D eigenvalue weighted by molar-refractivity contribution is 7.89. The fourth-order valence-corrected chi connectivity index (χ4v) is 3.93. The number of carbonyl (C=O) groups excluding carboxylic acids is 1. The number of ketones is 1. The number of halogens is 3.